The first kappa shape index (κ1) is 9.44. The van der Waals surface area contributed by atoms with Gasteiger partial charge in [0.2, 0.25) is 0 Å². The molecule has 2 heterocycles. The van der Waals surface area contributed by atoms with Crippen LogP contribution < -0.4 is 0 Å². The summed E-state index contributed by atoms with van der Waals surface area (Å²) in [5.41, 5.74) is 0. The fraction of sp³-hybridized carbons (Fsp3) is 0.900. The van der Waals surface area contributed by atoms with Gasteiger partial charge in [-0.05, 0) is 26.3 Å². The van der Waals surface area contributed by atoms with Gasteiger partial charge in [-0.2, -0.15) is 0 Å². The predicted octanol–water partition coefficient (Wildman–Crippen LogP) is 0.449. The van der Waals surface area contributed by atoms with Gasteiger partial charge in [0.1, 0.15) is 0 Å². The van der Waals surface area contributed by atoms with E-state index in [4.69, 9.17) is 0 Å². The Hall–Kier alpha value is -0.120. The van der Waals surface area contributed by atoms with Crippen molar-refractivity contribution in [1.29, 1.82) is 0 Å². The lowest BCUT2D eigenvalue weighted by Crippen LogP contribution is -2.54. The lowest BCUT2D eigenvalue weighted by Gasteiger charge is -2.41. The van der Waals surface area contributed by atoms with E-state index in [-0.39, 0.29) is 0 Å². The van der Waals surface area contributed by atoms with Crippen LogP contribution in [0.5, 0.6) is 0 Å². The molecule has 1 radical (unpaired) electrons. The van der Waals surface area contributed by atoms with Crippen LogP contribution >= 0.6 is 0 Å². The van der Waals surface area contributed by atoms with Gasteiger partial charge in [-0.15, -0.1) is 0 Å². The highest BCUT2D eigenvalue weighted by Gasteiger charge is 2.21. The molecule has 0 spiro atoms. The highest BCUT2D eigenvalue weighted by Crippen LogP contribution is 2.12. The molecule has 2 aliphatic rings. The number of hydrogen-bond acceptors (Lipinski definition) is 3. The van der Waals surface area contributed by atoms with E-state index in [0.29, 0.717) is 0 Å². The van der Waals surface area contributed by atoms with E-state index < -0.39 is 0 Å². The van der Waals surface area contributed by atoms with E-state index in [9.17, 15) is 0 Å². The van der Waals surface area contributed by atoms with Crippen LogP contribution in [-0.4, -0.2) is 61.2 Å². The Labute approximate surface area is 81.3 Å². The smallest absolute Gasteiger partial charge is 0.0261 e. The van der Waals surface area contributed by atoms with Crippen molar-refractivity contribution in [2.45, 2.75) is 12.8 Å². The van der Waals surface area contributed by atoms with Crippen LogP contribution in [0, 0.1) is 6.42 Å². The zero-order valence-corrected chi connectivity index (χ0v) is 8.58. The average molecular weight is 182 g/mol. The van der Waals surface area contributed by atoms with Gasteiger partial charge in [0.25, 0.3) is 0 Å². The number of piperidine rings is 1. The summed E-state index contributed by atoms with van der Waals surface area (Å²) in [5, 5.41) is 5.07. The summed E-state index contributed by atoms with van der Waals surface area (Å²) < 4.78 is 0. The molecule has 2 fully saturated rings. The van der Waals surface area contributed by atoms with Crippen LogP contribution in [0.3, 0.4) is 0 Å². The first-order valence-electron chi connectivity index (χ1n) is 5.36. The normalized spacial score (nSPS) is 29.3. The Morgan fingerprint density at radius 3 is 1.92 bits per heavy atom. The highest BCUT2D eigenvalue weighted by molar-refractivity contribution is 4.77. The Morgan fingerprint density at radius 2 is 1.31 bits per heavy atom. The monoisotopic (exact) mass is 182 g/mol. The van der Waals surface area contributed by atoms with Crippen LogP contribution in [0.1, 0.15) is 12.8 Å². The van der Waals surface area contributed by atoms with Crippen LogP contribution in [-0.2, 0) is 0 Å². The molecule has 0 aromatic rings. The summed E-state index contributed by atoms with van der Waals surface area (Å²) in [4.78, 5) is 2.41. The SMILES string of the molecule is CN1CCN(N2CC[CH]CC2)CC1. The summed E-state index contributed by atoms with van der Waals surface area (Å²) in [6.45, 7) is 7.36. The lowest BCUT2D eigenvalue weighted by atomic mass is 10.1. The topological polar surface area (TPSA) is 9.72 Å². The van der Waals surface area contributed by atoms with Gasteiger partial charge >= 0.3 is 0 Å². The molecule has 0 bridgehead atoms. The Morgan fingerprint density at radius 1 is 0.769 bits per heavy atom. The third-order valence-corrected chi connectivity index (χ3v) is 3.06. The maximum absolute atomic E-state index is 2.53. The van der Waals surface area contributed by atoms with Crippen molar-refractivity contribution in [2.75, 3.05) is 46.3 Å². The highest BCUT2D eigenvalue weighted by atomic mass is 15.6. The van der Waals surface area contributed by atoms with Crippen molar-refractivity contribution in [3.8, 4) is 0 Å². The van der Waals surface area contributed by atoms with Crippen molar-refractivity contribution in [3.63, 3.8) is 0 Å². The first-order chi connectivity index (χ1) is 6.36. The summed E-state index contributed by atoms with van der Waals surface area (Å²) in [6, 6.07) is 0. The number of nitrogens with zero attached hydrogens (tertiary/aromatic N) is 3. The molecule has 0 N–H and O–H groups in total. The molecule has 2 aliphatic heterocycles. The largest absolute Gasteiger partial charge is 0.304 e. The molecule has 0 aliphatic carbocycles. The van der Waals surface area contributed by atoms with Gasteiger partial charge in [0.15, 0.2) is 0 Å². The van der Waals surface area contributed by atoms with Crippen LogP contribution in [0.4, 0.5) is 0 Å². The average Bonchev–Trinajstić information content (AvgIpc) is 2.20. The minimum absolute atomic E-state index is 1.22. The third-order valence-electron chi connectivity index (χ3n) is 3.06. The molecule has 2 saturated heterocycles. The van der Waals surface area contributed by atoms with Crippen molar-refractivity contribution in [3.05, 3.63) is 6.42 Å². The molecular formula is C10H20N3. The number of hydrazine groups is 1. The van der Waals surface area contributed by atoms with Crippen LogP contribution in [0.2, 0.25) is 0 Å². The van der Waals surface area contributed by atoms with Gasteiger partial charge in [-0.25, -0.2) is 10.0 Å². The van der Waals surface area contributed by atoms with Crippen molar-refractivity contribution < 1.29 is 0 Å². The molecule has 0 aromatic heterocycles. The maximum atomic E-state index is 2.53. The van der Waals surface area contributed by atoms with Crippen molar-refractivity contribution in [1.82, 2.24) is 14.9 Å². The second-order valence-electron chi connectivity index (χ2n) is 4.08. The van der Waals surface area contributed by atoms with Crippen LogP contribution in [0.15, 0.2) is 0 Å². The minimum atomic E-state index is 1.22. The zero-order valence-electron chi connectivity index (χ0n) is 8.58. The molecule has 2 rings (SSSR count). The van der Waals surface area contributed by atoms with E-state index >= 15 is 0 Å². The second-order valence-corrected chi connectivity index (χ2v) is 4.08. The molecular weight excluding hydrogens is 162 g/mol. The molecule has 0 amide bonds. The predicted molar refractivity (Wildman–Crippen MR) is 54.2 cm³/mol. The minimum Gasteiger partial charge on any atom is -0.304 e. The standard InChI is InChI=1S/C10H20N3/c1-11-7-9-13(10-8-11)12-5-3-2-4-6-12/h2H,3-10H2,1H3. The van der Waals surface area contributed by atoms with E-state index in [1.54, 1.807) is 0 Å². The van der Waals surface area contributed by atoms with Gasteiger partial charge in [0.05, 0.1) is 0 Å². The van der Waals surface area contributed by atoms with E-state index in [0.717, 1.165) is 0 Å². The molecule has 3 heteroatoms. The van der Waals surface area contributed by atoms with Gasteiger partial charge in [-0.1, -0.05) is 0 Å². The van der Waals surface area contributed by atoms with Gasteiger partial charge in [-0.3, -0.25) is 0 Å². The third kappa shape index (κ3) is 2.42. The molecule has 0 aromatic carbocycles. The molecule has 13 heavy (non-hydrogen) atoms. The number of likely N-dealkylation sites (N-methyl/N-ethyl adjacent to an activating group) is 1. The number of hydrogen-bond donors (Lipinski definition) is 0. The maximum Gasteiger partial charge on any atom is 0.0261 e. The Balaban J connectivity index is 1.79. The zero-order chi connectivity index (χ0) is 9.10. The quantitative estimate of drug-likeness (QED) is 0.583. The summed E-state index contributed by atoms with van der Waals surface area (Å²) >= 11 is 0. The van der Waals surface area contributed by atoms with Crippen LogP contribution in [0.25, 0.3) is 0 Å². The fourth-order valence-electron chi connectivity index (χ4n) is 2.10. The molecule has 0 saturated carbocycles. The summed E-state index contributed by atoms with van der Waals surface area (Å²) in [6.07, 6.45) is 4.95. The summed E-state index contributed by atoms with van der Waals surface area (Å²) in [7, 11) is 2.21. The van der Waals surface area contributed by atoms with E-state index in [2.05, 4.69) is 28.4 Å². The summed E-state index contributed by atoms with van der Waals surface area (Å²) in [5.74, 6) is 0. The lowest BCUT2D eigenvalue weighted by molar-refractivity contribution is -0.0588. The second kappa shape index (κ2) is 4.40. The molecule has 75 valence electrons. The number of rotatable bonds is 1. The van der Waals surface area contributed by atoms with Crippen molar-refractivity contribution >= 4 is 0 Å². The molecule has 0 atom stereocenters. The molecule has 0 unspecified atom stereocenters. The Bertz CT molecular complexity index is 146. The molecule has 3 nitrogen and oxygen atoms in total. The Kier molecular flexibility index (Phi) is 3.19. The van der Waals surface area contributed by atoms with Gasteiger partial charge < -0.3 is 4.90 Å². The first-order valence-corrected chi connectivity index (χ1v) is 5.36. The van der Waals surface area contributed by atoms with Crippen molar-refractivity contribution in [2.24, 2.45) is 0 Å². The van der Waals surface area contributed by atoms with Gasteiger partial charge in [0, 0.05) is 39.3 Å². The van der Waals surface area contributed by atoms with E-state index in [1.807, 2.05) is 0 Å². The number of piperazine rings is 1. The fourth-order valence-corrected chi connectivity index (χ4v) is 2.10. The van der Waals surface area contributed by atoms with E-state index in [1.165, 1.54) is 52.1 Å².